The number of aromatic nitrogens is 2. The molecule has 2 heterocycles. The fourth-order valence-electron chi connectivity index (χ4n) is 3.36. The van der Waals surface area contributed by atoms with Gasteiger partial charge in [0, 0.05) is 18.8 Å². The van der Waals surface area contributed by atoms with Crippen molar-refractivity contribution in [1.29, 1.82) is 0 Å². The Balaban J connectivity index is 1.69. The third-order valence-electron chi connectivity index (χ3n) is 4.87. The SMILES string of the molecule is Cc1ncncc1C(=O)N1CCO[C@@](C)(C(=O)NC2CCCC2)C1. The molecule has 1 N–H and O–H groups in total. The van der Waals surface area contributed by atoms with Gasteiger partial charge in [-0.1, -0.05) is 12.8 Å². The van der Waals surface area contributed by atoms with Crippen LogP contribution in [0.5, 0.6) is 0 Å². The standard InChI is InChI=1S/C17H24N4O3/c1-12-14(9-18-11-19-12)15(22)21-7-8-24-17(2,10-21)16(23)20-13-5-3-4-6-13/h9,11,13H,3-8,10H2,1-2H3,(H,20,23)/t17-/m1/s1. The Labute approximate surface area is 141 Å². The zero-order chi connectivity index (χ0) is 17.2. The third-order valence-corrected chi connectivity index (χ3v) is 4.87. The van der Waals surface area contributed by atoms with Crippen molar-refractivity contribution in [2.45, 2.75) is 51.2 Å². The van der Waals surface area contributed by atoms with Crippen LogP contribution in [0.4, 0.5) is 0 Å². The summed E-state index contributed by atoms with van der Waals surface area (Å²) in [6, 6.07) is 0.230. The summed E-state index contributed by atoms with van der Waals surface area (Å²) in [4.78, 5) is 35.0. The number of rotatable bonds is 3. The fourth-order valence-corrected chi connectivity index (χ4v) is 3.36. The maximum atomic E-state index is 12.7. The molecule has 0 spiro atoms. The molecule has 1 aromatic heterocycles. The molecule has 3 rings (SSSR count). The predicted molar refractivity (Wildman–Crippen MR) is 87.4 cm³/mol. The highest BCUT2D eigenvalue weighted by molar-refractivity contribution is 5.96. The Bertz CT molecular complexity index is 630. The number of nitrogens with one attached hydrogen (secondary N) is 1. The lowest BCUT2D eigenvalue weighted by molar-refractivity contribution is -0.154. The molecule has 1 saturated heterocycles. The van der Waals surface area contributed by atoms with Gasteiger partial charge in [0.1, 0.15) is 6.33 Å². The smallest absolute Gasteiger partial charge is 0.257 e. The van der Waals surface area contributed by atoms with Crippen LogP contribution in [0.3, 0.4) is 0 Å². The zero-order valence-corrected chi connectivity index (χ0v) is 14.2. The number of hydrogen-bond donors (Lipinski definition) is 1. The van der Waals surface area contributed by atoms with E-state index in [-0.39, 0.29) is 24.4 Å². The molecule has 2 amide bonds. The van der Waals surface area contributed by atoms with Gasteiger partial charge in [-0.25, -0.2) is 9.97 Å². The summed E-state index contributed by atoms with van der Waals surface area (Å²) in [6.45, 7) is 4.57. The highest BCUT2D eigenvalue weighted by Gasteiger charge is 2.42. The van der Waals surface area contributed by atoms with Gasteiger partial charge < -0.3 is 15.0 Å². The molecular formula is C17H24N4O3. The van der Waals surface area contributed by atoms with E-state index in [1.807, 2.05) is 0 Å². The van der Waals surface area contributed by atoms with E-state index in [2.05, 4.69) is 15.3 Å². The Kier molecular flexibility index (Phi) is 4.80. The highest BCUT2D eigenvalue weighted by atomic mass is 16.5. The lowest BCUT2D eigenvalue weighted by Crippen LogP contribution is -2.60. The van der Waals surface area contributed by atoms with Crippen molar-refractivity contribution in [3.05, 3.63) is 23.8 Å². The molecule has 1 atom stereocenters. The van der Waals surface area contributed by atoms with Crippen LogP contribution in [0.2, 0.25) is 0 Å². The van der Waals surface area contributed by atoms with Gasteiger partial charge in [0.05, 0.1) is 24.4 Å². The minimum atomic E-state index is -1.01. The van der Waals surface area contributed by atoms with E-state index in [1.54, 1.807) is 18.7 Å². The fraction of sp³-hybridized carbons (Fsp3) is 0.647. The number of carbonyl (C=O) groups is 2. The molecular weight excluding hydrogens is 308 g/mol. The van der Waals surface area contributed by atoms with Crippen LogP contribution < -0.4 is 5.32 Å². The number of carbonyl (C=O) groups excluding carboxylic acids is 2. The first-order chi connectivity index (χ1) is 11.5. The maximum absolute atomic E-state index is 12.7. The maximum Gasteiger partial charge on any atom is 0.257 e. The summed E-state index contributed by atoms with van der Waals surface area (Å²) in [5.41, 5.74) is 0.0941. The largest absolute Gasteiger partial charge is 0.362 e. The molecule has 1 aliphatic carbocycles. The molecule has 0 unspecified atom stereocenters. The van der Waals surface area contributed by atoms with Crippen molar-refractivity contribution in [2.75, 3.05) is 19.7 Å². The predicted octanol–water partition coefficient (Wildman–Crippen LogP) is 1.07. The summed E-state index contributed by atoms with van der Waals surface area (Å²) >= 11 is 0. The van der Waals surface area contributed by atoms with E-state index >= 15 is 0 Å². The van der Waals surface area contributed by atoms with Crippen LogP contribution in [0.1, 0.15) is 48.7 Å². The van der Waals surface area contributed by atoms with Gasteiger partial charge >= 0.3 is 0 Å². The van der Waals surface area contributed by atoms with Gasteiger partial charge in [-0.05, 0) is 26.7 Å². The summed E-state index contributed by atoms with van der Waals surface area (Å²) in [7, 11) is 0. The molecule has 1 aliphatic heterocycles. The van der Waals surface area contributed by atoms with E-state index in [1.165, 1.54) is 12.5 Å². The van der Waals surface area contributed by atoms with Gasteiger partial charge in [-0.2, -0.15) is 0 Å². The second-order valence-corrected chi connectivity index (χ2v) is 6.78. The van der Waals surface area contributed by atoms with Crippen molar-refractivity contribution in [2.24, 2.45) is 0 Å². The van der Waals surface area contributed by atoms with Crippen molar-refractivity contribution >= 4 is 11.8 Å². The molecule has 0 aromatic carbocycles. The lowest BCUT2D eigenvalue weighted by atomic mass is 10.0. The van der Waals surface area contributed by atoms with Crippen molar-refractivity contribution in [1.82, 2.24) is 20.2 Å². The van der Waals surface area contributed by atoms with Crippen molar-refractivity contribution < 1.29 is 14.3 Å². The molecule has 1 aromatic rings. The Morgan fingerprint density at radius 3 is 2.83 bits per heavy atom. The number of morpholine rings is 1. The number of ether oxygens (including phenoxy) is 1. The molecule has 7 nitrogen and oxygen atoms in total. The number of aryl methyl sites for hydroxylation is 1. The molecule has 2 aliphatic rings. The second-order valence-electron chi connectivity index (χ2n) is 6.78. The molecule has 0 radical (unpaired) electrons. The summed E-state index contributed by atoms with van der Waals surface area (Å²) in [6.07, 6.45) is 7.29. The van der Waals surface area contributed by atoms with Crippen LogP contribution in [0, 0.1) is 6.92 Å². The molecule has 2 fully saturated rings. The van der Waals surface area contributed by atoms with Crippen LogP contribution in [-0.2, 0) is 9.53 Å². The summed E-state index contributed by atoms with van der Waals surface area (Å²) < 4.78 is 5.75. The Hall–Kier alpha value is -2.02. The van der Waals surface area contributed by atoms with Gasteiger partial charge in [0.15, 0.2) is 5.60 Å². The van der Waals surface area contributed by atoms with E-state index in [9.17, 15) is 9.59 Å². The minimum Gasteiger partial charge on any atom is -0.362 e. The average Bonchev–Trinajstić information content (AvgIpc) is 3.08. The Morgan fingerprint density at radius 1 is 1.38 bits per heavy atom. The van der Waals surface area contributed by atoms with Gasteiger partial charge in [-0.3, -0.25) is 9.59 Å². The van der Waals surface area contributed by atoms with Gasteiger partial charge in [-0.15, -0.1) is 0 Å². The van der Waals surface area contributed by atoms with E-state index in [0.717, 1.165) is 25.7 Å². The molecule has 24 heavy (non-hydrogen) atoms. The van der Waals surface area contributed by atoms with Gasteiger partial charge in [0.2, 0.25) is 0 Å². The number of nitrogens with zero attached hydrogens (tertiary/aromatic N) is 3. The topological polar surface area (TPSA) is 84.4 Å². The van der Waals surface area contributed by atoms with E-state index in [0.29, 0.717) is 24.4 Å². The average molecular weight is 332 g/mol. The van der Waals surface area contributed by atoms with Crippen LogP contribution in [0.25, 0.3) is 0 Å². The van der Waals surface area contributed by atoms with Crippen molar-refractivity contribution in [3.8, 4) is 0 Å². The first kappa shape index (κ1) is 16.8. The lowest BCUT2D eigenvalue weighted by Gasteiger charge is -2.39. The number of hydrogen-bond acceptors (Lipinski definition) is 5. The first-order valence-electron chi connectivity index (χ1n) is 8.50. The number of amides is 2. The molecule has 7 heteroatoms. The molecule has 0 bridgehead atoms. The van der Waals surface area contributed by atoms with E-state index in [4.69, 9.17) is 4.74 Å². The van der Waals surface area contributed by atoms with Gasteiger partial charge in [0.25, 0.3) is 11.8 Å². The third kappa shape index (κ3) is 3.40. The van der Waals surface area contributed by atoms with E-state index < -0.39 is 5.60 Å². The second kappa shape index (κ2) is 6.84. The minimum absolute atomic E-state index is 0.132. The van der Waals surface area contributed by atoms with Crippen LogP contribution in [0.15, 0.2) is 12.5 Å². The monoisotopic (exact) mass is 332 g/mol. The quantitative estimate of drug-likeness (QED) is 0.895. The van der Waals surface area contributed by atoms with Crippen LogP contribution in [-0.4, -0.2) is 58.0 Å². The Morgan fingerprint density at radius 2 is 2.12 bits per heavy atom. The molecule has 1 saturated carbocycles. The van der Waals surface area contributed by atoms with Crippen molar-refractivity contribution in [3.63, 3.8) is 0 Å². The normalized spacial score (nSPS) is 24.8. The van der Waals surface area contributed by atoms with Crippen LogP contribution >= 0.6 is 0 Å². The first-order valence-corrected chi connectivity index (χ1v) is 8.50. The highest BCUT2D eigenvalue weighted by Crippen LogP contribution is 2.23. The summed E-state index contributed by atoms with van der Waals surface area (Å²) in [5.74, 6) is -0.288. The molecule has 130 valence electrons. The zero-order valence-electron chi connectivity index (χ0n) is 14.2. The summed E-state index contributed by atoms with van der Waals surface area (Å²) in [5, 5.41) is 3.07.